The molecule has 172 valence electrons. The van der Waals surface area contributed by atoms with Crippen LogP contribution in [0, 0.1) is 5.92 Å². The predicted octanol–water partition coefficient (Wildman–Crippen LogP) is 1.76. The van der Waals surface area contributed by atoms with Crippen molar-refractivity contribution in [2.24, 2.45) is 11.7 Å². The Morgan fingerprint density at radius 3 is 2.85 bits per heavy atom. The fourth-order valence-corrected chi connectivity index (χ4v) is 3.31. The van der Waals surface area contributed by atoms with Crippen LogP contribution in [0.2, 0.25) is 0 Å². The lowest BCUT2D eigenvalue weighted by Crippen LogP contribution is -2.22. The van der Waals surface area contributed by atoms with Gasteiger partial charge in [0.1, 0.15) is 0 Å². The Hall–Kier alpha value is -3.99. The molecular weight excluding hydrogens is 424 g/mol. The minimum absolute atomic E-state index is 0.0717. The molecule has 0 saturated heterocycles. The predicted molar refractivity (Wildman–Crippen MR) is 123 cm³/mol. The largest absolute Gasteiger partial charge is 0.494 e. The number of nitrogens with one attached hydrogen (secondary N) is 3. The molecule has 0 bridgehead atoms. The van der Waals surface area contributed by atoms with Crippen molar-refractivity contribution >= 4 is 29.0 Å². The van der Waals surface area contributed by atoms with Crippen molar-refractivity contribution in [2.75, 3.05) is 31.3 Å². The average molecular weight is 454 g/mol. The molecule has 0 radical (unpaired) electrons. The van der Waals surface area contributed by atoms with Gasteiger partial charge < -0.3 is 26.4 Å². The molecule has 1 fully saturated rings. The van der Waals surface area contributed by atoms with Gasteiger partial charge in [-0.05, 0) is 31.0 Å². The zero-order valence-corrected chi connectivity index (χ0v) is 18.0. The molecule has 11 nitrogen and oxygen atoms in total. The van der Waals surface area contributed by atoms with Crippen LogP contribution in [0.5, 0.6) is 5.75 Å². The maximum absolute atomic E-state index is 12.7. The number of carbonyl (C=O) groups is 2. The molecule has 0 aliphatic heterocycles. The van der Waals surface area contributed by atoms with E-state index in [9.17, 15) is 9.59 Å². The van der Waals surface area contributed by atoms with Crippen LogP contribution in [0.4, 0.5) is 17.2 Å². The Bertz CT molecular complexity index is 1270. The number of carbonyl (C=O) groups excluding carboxylic acids is 2. The monoisotopic (exact) mass is 453 g/mol. The number of hydrogen-bond acceptors (Lipinski definition) is 8. The van der Waals surface area contributed by atoms with E-state index in [0.717, 1.165) is 12.8 Å². The van der Waals surface area contributed by atoms with Gasteiger partial charge in [0.2, 0.25) is 5.91 Å². The third-order valence-corrected chi connectivity index (χ3v) is 5.09. The summed E-state index contributed by atoms with van der Waals surface area (Å²) in [5.41, 5.74) is 7.25. The number of methoxy groups -OCH3 is 1. The highest BCUT2D eigenvalue weighted by Crippen LogP contribution is 2.38. The topological polar surface area (TPSA) is 149 Å². The molecule has 0 atom stereocenters. The summed E-state index contributed by atoms with van der Waals surface area (Å²) in [5.74, 6) is -0.672. The minimum atomic E-state index is -2.73. The van der Waals surface area contributed by atoms with Crippen molar-refractivity contribution in [3.05, 3.63) is 42.2 Å². The first-order valence-corrected chi connectivity index (χ1v) is 10.4. The average Bonchev–Trinajstić information content (AvgIpc) is 3.57. The molecule has 2 heterocycles. The summed E-state index contributed by atoms with van der Waals surface area (Å²) in [7, 11) is 1.50. The van der Waals surface area contributed by atoms with Gasteiger partial charge in [-0.2, -0.15) is 5.10 Å². The first-order chi connectivity index (χ1) is 17.2. The van der Waals surface area contributed by atoms with Crippen LogP contribution in [0.15, 0.2) is 36.5 Å². The number of amides is 2. The van der Waals surface area contributed by atoms with Crippen LogP contribution in [-0.2, 0) is 11.3 Å². The highest BCUT2D eigenvalue weighted by molar-refractivity contribution is 6.00. The lowest BCUT2D eigenvalue weighted by molar-refractivity contribution is -0.117. The van der Waals surface area contributed by atoms with E-state index >= 15 is 0 Å². The van der Waals surface area contributed by atoms with E-state index in [1.54, 1.807) is 23.0 Å². The molecule has 11 heteroatoms. The van der Waals surface area contributed by atoms with E-state index in [1.807, 2.05) is 17.4 Å². The van der Waals surface area contributed by atoms with E-state index in [-0.39, 0.29) is 29.0 Å². The van der Waals surface area contributed by atoms with Crippen LogP contribution in [0.1, 0.15) is 27.4 Å². The number of aromatic nitrogens is 4. The van der Waals surface area contributed by atoms with Gasteiger partial charge in [-0.15, -0.1) is 10.2 Å². The molecule has 0 unspecified atom stereocenters. The van der Waals surface area contributed by atoms with Gasteiger partial charge in [-0.25, -0.2) is 0 Å². The summed E-state index contributed by atoms with van der Waals surface area (Å²) in [6, 6.07) is 8.56. The number of ether oxygens (including phenoxy) is 1. The van der Waals surface area contributed by atoms with Crippen molar-refractivity contribution in [3.63, 3.8) is 0 Å². The zero-order valence-electron chi connectivity index (χ0n) is 21.0. The highest BCUT2D eigenvalue weighted by Gasteiger charge is 2.30. The third kappa shape index (κ3) is 4.93. The molecule has 1 saturated carbocycles. The van der Waals surface area contributed by atoms with Crippen LogP contribution in [-0.4, -0.2) is 52.4 Å². The fraction of sp³-hybridized carbons (Fsp3) is 0.318. The van der Waals surface area contributed by atoms with Gasteiger partial charge in [0.25, 0.3) is 5.91 Å². The number of benzene rings is 1. The van der Waals surface area contributed by atoms with Crippen molar-refractivity contribution in [3.8, 4) is 17.0 Å². The van der Waals surface area contributed by atoms with Crippen LogP contribution in [0.3, 0.4) is 0 Å². The molecular formula is C22H26N8O3. The second kappa shape index (κ2) is 9.65. The summed E-state index contributed by atoms with van der Waals surface area (Å²) in [4.78, 5) is 24.9. The number of hydrogen-bond donors (Lipinski definition) is 4. The summed E-state index contributed by atoms with van der Waals surface area (Å²) in [6.45, 7) is -1.73. The van der Waals surface area contributed by atoms with E-state index in [4.69, 9.17) is 14.6 Å². The number of nitrogens with two attached hydrogens (primary N) is 1. The lowest BCUT2D eigenvalue weighted by atomic mass is 10.1. The fourth-order valence-electron chi connectivity index (χ4n) is 3.31. The first kappa shape index (κ1) is 18.6. The Morgan fingerprint density at radius 1 is 1.27 bits per heavy atom. The normalized spacial score (nSPS) is 14.5. The third-order valence-electron chi connectivity index (χ3n) is 5.09. The number of anilines is 3. The summed E-state index contributed by atoms with van der Waals surface area (Å²) >= 11 is 0. The van der Waals surface area contributed by atoms with Crippen molar-refractivity contribution < 1.29 is 18.4 Å². The maximum atomic E-state index is 12.7. The van der Waals surface area contributed by atoms with Crippen molar-refractivity contribution in [1.29, 1.82) is 0 Å². The number of para-hydroxylation sites is 1. The van der Waals surface area contributed by atoms with E-state index in [1.165, 1.54) is 13.2 Å². The van der Waals surface area contributed by atoms with Crippen LogP contribution in [0.25, 0.3) is 11.3 Å². The van der Waals surface area contributed by atoms with Gasteiger partial charge in [0.05, 0.1) is 30.7 Å². The smallest absolute Gasteiger partial charge is 0.273 e. The molecule has 1 aliphatic carbocycles. The number of rotatable bonds is 9. The molecule has 1 aromatic carbocycles. The zero-order chi connectivity index (χ0) is 25.9. The second-order valence-corrected chi connectivity index (χ2v) is 7.47. The standard InChI is InChI=1S/C22H26N8O3/c1-24-22(32)19-17(12-18(27-28-19)26-21(31)13-6-7-13)25-16-5-3-4-14(20(16)33-2)15-8-10-30(29-15)11-9-23/h3-5,8,10,12-13H,6-7,9,11,23H2,1-2H3,(H,24,32)(H2,25,26,27,31)/i1D3. The van der Waals surface area contributed by atoms with Crippen molar-refractivity contribution in [2.45, 2.75) is 19.4 Å². The SMILES string of the molecule is [2H]C([2H])([2H])NC(=O)c1nnc(NC(=O)C2CC2)cc1Nc1cccc(-c2ccn(CCN)n2)c1OC. The molecule has 0 spiro atoms. The van der Waals surface area contributed by atoms with E-state index < -0.39 is 12.9 Å². The highest BCUT2D eigenvalue weighted by atomic mass is 16.5. The van der Waals surface area contributed by atoms with Gasteiger partial charge in [-0.3, -0.25) is 14.3 Å². The number of nitrogens with zero attached hydrogens (tertiary/aromatic N) is 4. The Morgan fingerprint density at radius 2 is 2.12 bits per heavy atom. The minimum Gasteiger partial charge on any atom is -0.494 e. The second-order valence-electron chi connectivity index (χ2n) is 7.47. The Balaban J connectivity index is 1.70. The first-order valence-electron chi connectivity index (χ1n) is 11.9. The van der Waals surface area contributed by atoms with Gasteiger partial charge in [0.15, 0.2) is 17.3 Å². The van der Waals surface area contributed by atoms with Gasteiger partial charge >= 0.3 is 0 Å². The molecule has 3 aromatic rings. The van der Waals surface area contributed by atoms with E-state index in [2.05, 4.69) is 25.9 Å². The molecule has 1 aliphatic rings. The molecule has 4 rings (SSSR count). The van der Waals surface area contributed by atoms with Crippen molar-refractivity contribution in [1.82, 2.24) is 25.3 Å². The van der Waals surface area contributed by atoms with Crippen LogP contribution < -0.4 is 26.4 Å². The lowest BCUT2D eigenvalue weighted by Gasteiger charge is -2.16. The molecule has 5 N–H and O–H groups in total. The summed E-state index contributed by atoms with van der Waals surface area (Å²) < 4.78 is 29.4. The Kier molecular flexibility index (Phi) is 5.43. The summed E-state index contributed by atoms with van der Waals surface area (Å²) in [6.07, 6.45) is 3.41. The maximum Gasteiger partial charge on any atom is 0.273 e. The quantitative estimate of drug-likeness (QED) is 0.383. The molecule has 2 aromatic heterocycles. The molecule has 33 heavy (non-hydrogen) atoms. The molecule has 2 amide bonds. The van der Waals surface area contributed by atoms with Gasteiger partial charge in [-0.1, -0.05) is 6.07 Å². The van der Waals surface area contributed by atoms with Crippen LogP contribution >= 0.6 is 0 Å². The Labute approximate surface area is 194 Å². The van der Waals surface area contributed by atoms with Gasteiger partial charge in [0, 0.05) is 41.4 Å². The summed E-state index contributed by atoms with van der Waals surface area (Å²) in [5, 5.41) is 20.0. The van der Waals surface area contributed by atoms with E-state index in [0.29, 0.717) is 35.8 Å².